The first-order valence-corrected chi connectivity index (χ1v) is 10.3. The van der Waals surface area contributed by atoms with Crippen molar-refractivity contribution in [1.82, 2.24) is 14.5 Å². The van der Waals surface area contributed by atoms with Gasteiger partial charge in [0.25, 0.3) is 0 Å². The lowest BCUT2D eigenvalue weighted by Crippen LogP contribution is -2.30. The quantitative estimate of drug-likeness (QED) is 0.810. The summed E-state index contributed by atoms with van der Waals surface area (Å²) in [5.74, 6) is 0. The van der Waals surface area contributed by atoms with Crippen LogP contribution in [0.4, 0.5) is 0 Å². The molecule has 2 fully saturated rings. The highest BCUT2D eigenvalue weighted by atomic mass is 32.2. The van der Waals surface area contributed by atoms with E-state index in [1.165, 1.54) is 36.5 Å². The van der Waals surface area contributed by atoms with Crippen LogP contribution in [0.2, 0.25) is 0 Å². The van der Waals surface area contributed by atoms with Gasteiger partial charge in [-0.25, -0.2) is 0 Å². The van der Waals surface area contributed by atoms with Crippen molar-refractivity contribution in [3.8, 4) is 0 Å². The Balaban J connectivity index is 1.57. The highest BCUT2D eigenvalue weighted by Crippen LogP contribution is 2.48. The fourth-order valence-corrected chi connectivity index (χ4v) is 5.70. The molecule has 130 valence electrons. The first kappa shape index (κ1) is 15.5. The normalized spacial score (nSPS) is 29.2. The van der Waals surface area contributed by atoms with Crippen LogP contribution in [0.15, 0.2) is 47.7 Å². The van der Waals surface area contributed by atoms with E-state index in [0.717, 1.165) is 12.2 Å². The van der Waals surface area contributed by atoms with Crippen molar-refractivity contribution in [3.63, 3.8) is 0 Å². The average molecular weight is 353 g/mol. The number of hydrogen-bond acceptors (Lipinski definition) is 4. The largest absolute Gasteiger partial charge is 0.346 e. The maximum Gasteiger partial charge on any atom is 0.160 e. The van der Waals surface area contributed by atoms with Gasteiger partial charge >= 0.3 is 0 Å². The summed E-state index contributed by atoms with van der Waals surface area (Å²) in [6, 6.07) is 11.8. The van der Waals surface area contributed by atoms with E-state index in [4.69, 9.17) is 4.99 Å². The van der Waals surface area contributed by atoms with E-state index in [9.17, 15) is 0 Å². The Hall–Kier alpha value is -1.75. The van der Waals surface area contributed by atoms with Gasteiger partial charge in [-0.3, -0.25) is 9.98 Å². The third-order valence-corrected chi connectivity index (χ3v) is 6.82. The van der Waals surface area contributed by atoms with E-state index in [2.05, 4.69) is 51.8 Å². The summed E-state index contributed by atoms with van der Waals surface area (Å²) >= 11 is 1.91. The Morgan fingerprint density at radius 2 is 2.00 bits per heavy atom. The van der Waals surface area contributed by atoms with E-state index in [-0.39, 0.29) is 12.1 Å². The van der Waals surface area contributed by atoms with Crippen LogP contribution in [-0.4, -0.2) is 31.4 Å². The predicted octanol–water partition coefficient (Wildman–Crippen LogP) is 4.59. The van der Waals surface area contributed by atoms with Crippen LogP contribution in [0, 0.1) is 0 Å². The molecule has 2 aliphatic heterocycles. The van der Waals surface area contributed by atoms with Crippen LogP contribution in [0.5, 0.6) is 0 Å². The van der Waals surface area contributed by atoms with Crippen LogP contribution in [0.25, 0.3) is 0 Å². The van der Waals surface area contributed by atoms with E-state index >= 15 is 0 Å². The van der Waals surface area contributed by atoms with Crippen LogP contribution in [0.3, 0.4) is 0 Å². The number of hydrogen-bond donors (Lipinski definition) is 0. The third-order valence-electron chi connectivity index (χ3n) is 5.71. The molecule has 1 saturated heterocycles. The summed E-state index contributed by atoms with van der Waals surface area (Å²) in [6.45, 7) is 3.38. The van der Waals surface area contributed by atoms with Crippen LogP contribution >= 0.6 is 11.8 Å². The zero-order valence-corrected chi connectivity index (χ0v) is 15.4. The first-order valence-electron chi connectivity index (χ1n) is 9.40. The second-order valence-electron chi connectivity index (χ2n) is 7.42. The molecule has 0 spiro atoms. The highest BCUT2D eigenvalue weighted by molar-refractivity contribution is 8.14. The van der Waals surface area contributed by atoms with Crippen molar-refractivity contribution in [2.24, 2.45) is 4.99 Å². The minimum atomic E-state index is 0.103. The van der Waals surface area contributed by atoms with Gasteiger partial charge in [0.15, 0.2) is 5.17 Å². The van der Waals surface area contributed by atoms with E-state index in [1.807, 2.05) is 24.0 Å². The summed E-state index contributed by atoms with van der Waals surface area (Å²) in [6.07, 6.45) is 9.50. The minimum absolute atomic E-state index is 0.103. The van der Waals surface area contributed by atoms with Gasteiger partial charge in [-0.05, 0) is 37.1 Å². The topological polar surface area (TPSA) is 33.4 Å². The fourth-order valence-electron chi connectivity index (χ4n) is 4.61. The molecule has 25 heavy (non-hydrogen) atoms. The van der Waals surface area contributed by atoms with Crippen molar-refractivity contribution < 1.29 is 0 Å². The summed E-state index contributed by atoms with van der Waals surface area (Å²) in [4.78, 5) is 12.3. The minimum Gasteiger partial charge on any atom is -0.346 e. The van der Waals surface area contributed by atoms with Gasteiger partial charge in [0.2, 0.25) is 0 Å². The van der Waals surface area contributed by atoms with Gasteiger partial charge in [0.05, 0.1) is 11.7 Å². The Morgan fingerprint density at radius 1 is 1.12 bits per heavy atom. The van der Waals surface area contributed by atoms with E-state index < -0.39 is 0 Å². The van der Waals surface area contributed by atoms with E-state index in [0.29, 0.717) is 11.3 Å². The Labute approximate surface area is 153 Å². The highest BCUT2D eigenvalue weighted by Gasteiger charge is 2.44. The van der Waals surface area contributed by atoms with Crippen LogP contribution in [-0.2, 0) is 0 Å². The standard InChI is InChI=1S/C20H24N4S/c1-14-13-24-19(17-10-6-12-23(17)15-7-2-3-8-15)18(22-20(24)25-14)16-9-4-5-11-21-16/h4-6,9-12,14-15,18-19H,2-3,7-8,13H2,1H3/t14-,18-,19+/m1/s1. The van der Waals surface area contributed by atoms with Crippen LogP contribution < -0.4 is 0 Å². The number of nitrogens with zero attached hydrogens (tertiary/aromatic N) is 4. The molecule has 0 N–H and O–H groups in total. The van der Waals surface area contributed by atoms with Gasteiger partial charge in [-0.15, -0.1) is 0 Å². The molecule has 4 heterocycles. The second-order valence-corrected chi connectivity index (χ2v) is 8.82. The molecular formula is C20H24N4S. The van der Waals surface area contributed by atoms with Gasteiger partial charge in [0.1, 0.15) is 6.04 Å². The average Bonchev–Trinajstić information content (AvgIpc) is 3.38. The van der Waals surface area contributed by atoms with Crippen molar-refractivity contribution >= 4 is 16.9 Å². The van der Waals surface area contributed by atoms with Gasteiger partial charge in [0, 0.05) is 35.9 Å². The number of thioether (sulfide) groups is 1. The molecular weight excluding hydrogens is 328 g/mol. The monoisotopic (exact) mass is 352 g/mol. The van der Waals surface area contributed by atoms with Crippen molar-refractivity contribution in [2.75, 3.05) is 6.54 Å². The maximum absolute atomic E-state index is 5.11. The van der Waals surface area contributed by atoms with Gasteiger partial charge in [-0.1, -0.05) is 37.6 Å². The van der Waals surface area contributed by atoms with Crippen molar-refractivity contribution in [3.05, 3.63) is 54.1 Å². The second kappa shape index (κ2) is 6.20. The Kier molecular flexibility index (Phi) is 3.85. The molecule has 3 atom stereocenters. The Bertz CT molecular complexity index is 778. The molecule has 2 aromatic heterocycles. The zero-order chi connectivity index (χ0) is 16.8. The van der Waals surface area contributed by atoms with E-state index in [1.54, 1.807) is 0 Å². The molecule has 0 unspecified atom stereocenters. The summed E-state index contributed by atoms with van der Waals surface area (Å²) in [5, 5.41) is 1.81. The number of amidine groups is 1. The molecule has 5 rings (SSSR count). The molecule has 0 amide bonds. The summed E-state index contributed by atoms with van der Waals surface area (Å²) < 4.78 is 2.54. The molecule has 5 heteroatoms. The molecule has 4 nitrogen and oxygen atoms in total. The van der Waals surface area contributed by atoms with Crippen LogP contribution in [0.1, 0.15) is 62.1 Å². The zero-order valence-electron chi connectivity index (χ0n) is 14.6. The van der Waals surface area contributed by atoms with Crippen molar-refractivity contribution in [1.29, 1.82) is 0 Å². The maximum atomic E-state index is 5.11. The molecule has 1 saturated carbocycles. The predicted molar refractivity (Wildman–Crippen MR) is 103 cm³/mol. The lowest BCUT2D eigenvalue weighted by atomic mass is 10.0. The Morgan fingerprint density at radius 3 is 2.80 bits per heavy atom. The number of aliphatic imine (C=N–C) groups is 1. The smallest absolute Gasteiger partial charge is 0.160 e. The molecule has 2 aromatic rings. The van der Waals surface area contributed by atoms with Gasteiger partial charge < -0.3 is 9.47 Å². The summed E-state index contributed by atoms with van der Waals surface area (Å²) in [5.41, 5.74) is 2.50. The number of aromatic nitrogens is 2. The molecule has 0 bridgehead atoms. The molecule has 0 radical (unpaired) electrons. The lowest BCUT2D eigenvalue weighted by molar-refractivity contribution is 0.299. The fraction of sp³-hybridized carbons (Fsp3) is 0.500. The lowest BCUT2D eigenvalue weighted by Gasteiger charge is -2.30. The number of pyridine rings is 1. The first-order chi connectivity index (χ1) is 12.3. The van der Waals surface area contributed by atoms with Crippen molar-refractivity contribution in [2.45, 2.75) is 56.0 Å². The number of rotatable bonds is 3. The number of fused-ring (bicyclic) bond motifs is 1. The summed E-state index contributed by atoms with van der Waals surface area (Å²) in [7, 11) is 0. The molecule has 1 aliphatic carbocycles. The van der Waals surface area contributed by atoms with Gasteiger partial charge in [-0.2, -0.15) is 0 Å². The third kappa shape index (κ3) is 2.60. The SMILES string of the molecule is C[C@@H]1CN2C(=N[C@H](c3ccccn3)[C@@H]2c2cccn2C2CCCC2)S1. The molecule has 0 aromatic carbocycles. The molecule has 3 aliphatic rings.